The van der Waals surface area contributed by atoms with Gasteiger partial charge in [0.25, 0.3) is 0 Å². The summed E-state index contributed by atoms with van der Waals surface area (Å²) in [6.07, 6.45) is 3.54. The van der Waals surface area contributed by atoms with Gasteiger partial charge in [-0.25, -0.2) is 4.79 Å². The van der Waals surface area contributed by atoms with Gasteiger partial charge in [0.1, 0.15) is 12.0 Å². The third-order valence-electron chi connectivity index (χ3n) is 2.69. The van der Waals surface area contributed by atoms with Crippen LogP contribution in [-0.4, -0.2) is 27.4 Å². The molecule has 0 aromatic carbocycles. The second-order valence-electron chi connectivity index (χ2n) is 3.87. The summed E-state index contributed by atoms with van der Waals surface area (Å²) in [6, 6.07) is 1.56. The van der Waals surface area contributed by atoms with Crippen LogP contribution in [0.3, 0.4) is 0 Å². The molecule has 1 aliphatic rings. The molecule has 1 saturated heterocycles. The minimum atomic E-state index is -0.413. The molecule has 16 heavy (non-hydrogen) atoms. The van der Waals surface area contributed by atoms with E-state index in [0.717, 1.165) is 19.3 Å². The average Bonchev–Trinajstić information content (AvgIpc) is 2.29. The molecule has 0 unspecified atom stereocenters. The molecule has 88 valence electrons. The maximum atomic E-state index is 11.6. The topological polar surface area (TPSA) is 90.4 Å². The predicted molar refractivity (Wildman–Crippen MR) is 57.8 cm³/mol. The first-order chi connectivity index (χ1) is 7.70. The summed E-state index contributed by atoms with van der Waals surface area (Å²) in [5, 5.41) is 9.02. The summed E-state index contributed by atoms with van der Waals surface area (Å²) in [6.45, 7) is -0.0202. The van der Waals surface area contributed by atoms with E-state index in [2.05, 4.69) is 4.98 Å². The Bertz CT molecular complexity index is 418. The quantitative estimate of drug-likeness (QED) is 0.732. The minimum absolute atomic E-state index is 0.0202. The van der Waals surface area contributed by atoms with Crippen LogP contribution >= 0.6 is 0 Å². The van der Waals surface area contributed by atoms with Gasteiger partial charge in [-0.3, -0.25) is 4.57 Å². The van der Waals surface area contributed by atoms with E-state index in [-0.39, 0.29) is 24.8 Å². The Kier molecular flexibility index (Phi) is 3.21. The zero-order valence-electron chi connectivity index (χ0n) is 8.87. The molecule has 2 atom stereocenters. The summed E-state index contributed by atoms with van der Waals surface area (Å²) < 4.78 is 6.99. The van der Waals surface area contributed by atoms with E-state index in [1.54, 1.807) is 12.3 Å². The molecule has 2 rings (SSSR count). The molecule has 2 heterocycles. The third-order valence-corrected chi connectivity index (χ3v) is 2.69. The number of aromatic nitrogens is 2. The normalized spacial score (nSPS) is 25.6. The van der Waals surface area contributed by atoms with Gasteiger partial charge in [-0.15, -0.1) is 0 Å². The SMILES string of the molecule is Nc1ccn([C@@H]2CCC[C@@H](CO)O2)c(=O)n1. The van der Waals surface area contributed by atoms with Gasteiger partial charge in [0.15, 0.2) is 0 Å². The zero-order valence-corrected chi connectivity index (χ0v) is 8.87. The number of rotatable bonds is 2. The Morgan fingerprint density at radius 2 is 2.44 bits per heavy atom. The highest BCUT2D eigenvalue weighted by molar-refractivity contribution is 5.23. The highest BCUT2D eigenvalue weighted by atomic mass is 16.5. The summed E-state index contributed by atoms with van der Waals surface area (Å²) in [7, 11) is 0. The van der Waals surface area contributed by atoms with Crippen molar-refractivity contribution in [1.29, 1.82) is 0 Å². The molecular weight excluding hydrogens is 210 g/mol. The van der Waals surface area contributed by atoms with Crippen molar-refractivity contribution in [2.45, 2.75) is 31.6 Å². The number of aliphatic hydroxyl groups excluding tert-OH is 1. The lowest BCUT2D eigenvalue weighted by molar-refractivity contribution is -0.108. The van der Waals surface area contributed by atoms with Gasteiger partial charge in [-0.1, -0.05) is 0 Å². The van der Waals surface area contributed by atoms with Gasteiger partial charge >= 0.3 is 5.69 Å². The van der Waals surface area contributed by atoms with Crippen LogP contribution in [0.5, 0.6) is 0 Å². The van der Waals surface area contributed by atoms with Gasteiger partial charge in [-0.2, -0.15) is 4.98 Å². The van der Waals surface area contributed by atoms with Crippen molar-refractivity contribution in [3.63, 3.8) is 0 Å². The number of anilines is 1. The standard InChI is InChI=1S/C10H15N3O3/c11-8-4-5-13(10(15)12-8)9-3-1-2-7(6-14)16-9/h4-5,7,9,14H,1-3,6H2,(H2,11,12,15)/t7-,9-/m0/s1. The highest BCUT2D eigenvalue weighted by Gasteiger charge is 2.23. The molecule has 0 bridgehead atoms. The summed E-state index contributed by atoms with van der Waals surface area (Å²) >= 11 is 0. The lowest BCUT2D eigenvalue weighted by Crippen LogP contribution is -2.34. The van der Waals surface area contributed by atoms with E-state index in [4.69, 9.17) is 15.6 Å². The Morgan fingerprint density at radius 3 is 3.12 bits per heavy atom. The van der Waals surface area contributed by atoms with Crippen LogP contribution in [0.2, 0.25) is 0 Å². The molecule has 0 radical (unpaired) electrons. The minimum Gasteiger partial charge on any atom is -0.394 e. The fraction of sp³-hybridized carbons (Fsp3) is 0.600. The van der Waals surface area contributed by atoms with Crippen LogP contribution in [0.15, 0.2) is 17.1 Å². The first kappa shape index (κ1) is 11.1. The number of nitrogen functional groups attached to an aromatic ring is 1. The second kappa shape index (κ2) is 4.63. The van der Waals surface area contributed by atoms with Crippen LogP contribution in [0.4, 0.5) is 5.82 Å². The fourth-order valence-electron chi connectivity index (χ4n) is 1.86. The van der Waals surface area contributed by atoms with Crippen LogP contribution in [0.1, 0.15) is 25.5 Å². The second-order valence-corrected chi connectivity index (χ2v) is 3.87. The first-order valence-electron chi connectivity index (χ1n) is 5.31. The molecule has 1 fully saturated rings. The molecule has 0 saturated carbocycles. The van der Waals surface area contributed by atoms with Crippen molar-refractivity contribution in [1.82, 2.24) is 9.55 Å². The Hall–Kier alpha value is -1.40. The monoisotopic (exact) mass is 225 g/mol. The molecule has 1 aliphatic heterocycles. The number of aliphatic hydroxyl groups is 1. The molecule has 0 aliphatic carbocycles. The Balaban J connectivity index is 2.20. The van der Waals surface area contributed by atoms with E-state index in [1.165, 1.54) is 4.57 Å². The Labute approximate surface area is 92.7 Å². The lowest BCUT2D eigenvalue weighted by Gasteiger charge is -2.29. The van der Waals surface area contributed by atoms with E-state index in [9.17, 15) is 4.79 Å². The molecule has 3 N–H and O–H groups in total. The summed E-state index contributed by atoms with van der Waals surface area (Å²) in [4.78, 5) is 15.2. The van der Waals surface area contributed by atoms with Gasteiger partial charge in [0.2, 0.25) is 0 Å². The lowest BCUT2D eigenvalue weighted by atomic mass is 10.1. The van der Waals surface area contributed by atoms with Gasteiger partial charge in [0, 0.05) is 6.20 Å². The van der Waals surface area contributed by atoms with Gasteiger partial charge in [0.05, 0.1) is 12.7 Å². The zero-order chi connectivity index (χ0) is 11.5. The van der Waals surface area contributed by atoms with Crippen molar-refractivity contribution < 1.29 is 9.84 Å². The highest BCUT2D eigenvalue weighted by Crippen LogP contribution is 2.25. The number of hydrogen-bond donors (Lipinski definition) is 2. The van der Waals surface area contributed by atoms with Crippen molar-refractivity contribution >= 4 is 5.82 Å². The van der Waals surface area contributed by atoms with Crippen LogP contribution in [0, 0.1) is 0 Å². The van der Waals surface area contributed by atoms with Crippen molar-refractivity contribution in [2.24, 2.45) is 0 Å². The number of ether oxygens (including phenoxy) is 1. The van der Waals surface area contributed by atoms with Crippen LogP contribution in [-0.2, 0) is 4.74 Å². The molecule has 6 heteroatoms. The first-order valence-corrected chi connectivity index (χ1v) is 5.31. The molecule has 0 amide bonds. The number of hydrogen-bond acceptors (Lipinski definition) is 5. The Morgan fingerprint density at radius 1 is 1.62 bits per heavy atom. The predicted octanol–water partition coefficient (Wildman–Crippen LogP) is -0.115. The smallest absolute Gasteiger partial charge is 0.351 e. The molecule has 1 aromatic heterocycles. The largest absolute Gasteiger partial charge is 0.394 e. The van der Waals surface area contributed by atoms with Gasteiger partial charge < -0.3 is 15.6 Å². The molecular formula is C10H15N3O3. The molecule has 1 aromatic rings. The number of nitrogens with zero attached hydrogens (tertiary/aromatic N) is 2. The third kappa shape index (κ3) is 2.23. The van der Waals surface area contributed by atoms with Crippen molar-refractivity contribution in [3.8, 4) is 0 Å². The van der Waals surface area contributed by atoms with E-state index in [0.29, 0.717) is 0 Å². The maximum absolute atomic E-state index is 11.6. The van der Waals surface area contributed by atoms with Gasteiger partial charge in [-0.05, 0) is 25.3 Å². The van der Waals surface area contributed by atoms with Crippen molar-refractivity contribution in [2.75, 3.05) is 12.3 Å². The van der Waals surface area contributed by atoms with Crippen LogP contribution in [0.25, 0.3) is 0 Å². The van der Waals surface area contributed by atoms with E-state index in [1.807, 2.05) is 0 Å². The maximum Gasteiger partial charge on any atom is 0.351 e. The van der Waals surface area contributed by atoms with E-state index < -0.39 is 5.69 Å². The summed E-state index contributed by atoms with van der Waals surface area (Å²) in [5.41, 5.74) is 4.99. The van der Waals surface area contributed by atoms with Crippen molar-refractivity contribution in [3.05, 3.63) is 22.7 Å². The molecule has 0 spiro atoms. The van der Waals surface area contributed by atoms with E-state index >= 15 is 0 Å². The molecule has 6 nitrogen and oxygen atoms in total. The number of nitrogens with two attached hydrogens (primary N) is 1. The fourth-order valence-corrected chi connectivity index (χ4v) is 1.86. The average molecular weight is 225 g/mol. The summed E-state index contributed by atoms with van der Waals surface area (Å²) in [5.74, 6) is 0.204. The van der Waals surface area contributed by atoms with Crippen LogP contribution < -0.4 is 11.4 Å².